The number of amides is 1. The molecular weight excluding hydrogens is 168 g/mol. The first-order valence-corrected chi connectivity index (χ1v) is 4.49. The minimum Gasteiger partial charge on any atom is -0.446 e. The maximum atomic E-state index is 11.5. The van der Waals surface area contributed by atoms with Crippen molar-refractivity contribution in [2.75, 3.05) is 10.6 Å². The lowest BCUT2D eigenvalue weighted by Crippen LogP contribution is -2.39. The van der Waals surface area contributed by atoms with Crippen LogP contribution in [0.3, 0.4) is 0 Å². The van der Waals surface area contributed by atoms with Crippen LogP contribution in [-0.4, -0.2) is 11.9 Å². The fourth-order valence-electron chi connectivity index (χ4n) is 1.70. The highest BCUT2D eigenvalue weighted by atomic mass is 16.3. The van der Waals surface area contributed by atoms with Crippen LogP contribution >= 0.6 is 0 Å². The highest BCUT2D eigenvalue weighted by Gasteiger charge is 2.39. The molecule has 0 spiro atoms. The Labute approximate surface area is 75.3 Å². The summed E-state index contributed by atoms with van der Waals surface area (Å²) in [6.07, 6.45) is 3.88. The Balaban J connectivity index is 1.92. The number of carbonyl (C=O) groups is 1. The summed E-state index contributed by atoms with van der Waals surface area (Å²) in [5, 5.41) is 5.93. The van der Waals surface area contributed by atoms with E-state index in [0.29, 0.717) is 11.8 Å². The standard InChI is InChI=1S/C9H10N2O2/c12-8-7(5-1-2-5)10-6-3-4-13-9(6)11-8/h3-5,7,10H,1-2H2,(H,11,12). The molecule has 0 bridgehead atoms. The van der Waals surface area contributed by atoms with E-state index in [-0.39, 0.29) is 11.9 Å². The van der Waals surface area contributed by atoms with Crippen LogP contribution in [0, 0.1) is 5.92 Å². The van der Waals surface area contributed by atoms with Crippen LogP contribution in [-0.2, 0) is 4.79 Å². The molecule has 0 radical (unpaired) electrons. The van der Waals surface area contributed by atoms with Crippen molar-refractivity contribution in [3.8, 4) is 0 Å². The molecular formula is C9H10N2O2. The topological polar surface area (TPSA) is 54.3 Å². The van der Waals surface area contributed by atoms with Crippen molar-refractivity contribution >= 4 is 17.5 Å². The number of nitrogens with one attached hydrogen (secondary N) is 2. The molecule has 4 heteroatoms. The molecule has 1 aromatic rings. The Hall–Kier alpha value is -1.45. The van der Waals surface area contributed by atoms with Crippen LogP contribution in [0.25, 0.3) is 0 Å². The Morgan fingerprint density at radius 3 is 3.08 bits per heavy atom. The molecule has 68 valence electrons. The number of anilines is 2. The van der Waals surface area contributed by atoms with E-state index in [2.05, 4.69) is 10.6 Å². The minimum atomic E-state index is -0.0508. The average Bonchev–Trinajstić information content (AvgIpc) is 2.85. The third kappa shape index (κ3) is 1.02. The van der Waals surface area contributed by atoms with E-state index in [9.17, 15) is 4.79 Å². The summed E-state index contributed by atoms with van der Waals surface area (Å²) in [5.74, 6) is 1.09. The molecule has 0 saturated heterocycles. The second-order valence-electron chi connectivity index (χ2n) is 3.61. The van der Waals surface area contributed by atoms with Gasteiger partial charge in [-0.25, -0.2) is 0 Å². The molecule has 0 aromatic carbocycles. The summed E-state index contributed by atoms with van der Waals surface area (Å²) in [6, 6.07) is 1.79. The number of hydrogen-bond donors (Lipinski definition) is 2. The predicted molar refractivity (Wildman–Crippen MR) is 47.5 cm³/mol. The van der Waals surface area contributed by atoms with Gasteiger partial charge < -0.3 is 9.73 Å². The average molecular weight is 178 g/mol. The fourth-order valence-corrected chi connectivity index (χ4v) is 1.70. The van der Waals surface area contributed by atoms with Crippen LogP contribution in [0.1, 0.15) is 12.8 Å². The molecule has 4 nitrogen and oxygen atoms in total. The van der Waals surface area contributed by atoms with Crippen molar-refractivity contribution in [3.05, 3.63) is 12.3 Å². The Bertz CT molecular complexity index is 354. The van der Waals surface area contributed by atoms with E-state index in [0.717, 1.165) is 18.5 Å². The minimum absolute atomic E-state index is 0.0324. The van der Waals surface area contributed by atoms with Gasteiger partial charge in [0.05, 0.1) is 12.0 Å². The summed E-state index contributed by atoms with van der Waals surface area (Å²) < 4.78 is 5.08. The number of rotatable bonds is 1. The number of hydrogen-bond acceptors (Lipinski definition) is 3. The Morgan fingerprint density at radius 1 is 1.46 bits per heavy atom. The van der Waals surface area contributed by atoms with E-state index in [1.54, 1.807) is 6.26 Å². The first kappa shape index (κ1) is 7.00. The lowest BCUT2D eigenvalue weighted by Gasteiger charge is -2.22. The maximum absolute atomic E-state index is 11.5. The Morgan fingerprint density at radius 2 is 2.31 bits per heavy atom. The van der Waals surface area contributed by atoms with Crippen molar-refractivity contribution in [2.24, 2.45) is 5.92 Å². The van der Waals surface area contributed by atoms with Crippen LogP contribution in [0.15, 0.2) is 16.7 Å². The molecule has 2 heterocycles. The van der Waals surface area contributed by atoms with Crippen LogP contribution in [0.5, 0.6) is 0 Å². The monoisotopic (exact) mass is 178 g/mol. The summed E-state index contributed by atoms with van der Waals surface area (Å²) in [6.45, 7) is 0. The van der Waals surface area contributed by atoms with Crippen molar-refractivity contribution < 1.29 is 9.21 Å². The first-order valence-electron chi connectivity index (χ1n) is 4.49. The molecule has 13 heavy (non-hydrogen) atoms. The SMILES string of the molecule is O=C1Nc2occc2NC1C1CC1. The summed E-state index contributed by atoms with van der Waals surface area (Å²) in [5.41, 5.74) is 0.900. The largest absolute Gasteiger partial charge is 0.446 e. The van der Waals surface area contributed by atoms with Gasteiger partial charge in [0.2, 0.25) is 11.8 Å². The molecule has 2 aliphatic rings. The quantitative estimate of drug-likeness (QED) is 0.683. The fraction of sp³-hybridized carbons (Fsp3) is 0.444. The van der Waals surface area contributed by atoms with Crippen LogP contribution < -0.4 is 10.6 Å². The van der Waals surface area contributed by atoms with Crippen molar-refractivity contribution in [2.45, 2.75) is 18.9 Å². The van der Waals surface area contributed by atoms with Gasteiger partial charge in [0.1, 0.15) is 6.04 Å². The van der Waals surface area contributed by atoms with Gasteiger partial charge in [-0.2, -0.15) is 0 Å². The maximum Gasteiger partial charge on any atom is 0.249 e. The van der Waals surface area contributed by atoms with Crippen LogP contribution in [0.2, 0.25) is 0 Å². The third-order valence-corrected chi connectivity index (χ3v) is 2.59. The molecule has 1 aliphatic heterocycles. The van der Waals surface area contributed by atoms with Crippen LogP contribution in [0.4, 0.5) is 11.6 Å². The van der Waals surface area contributed by atoms with Crippen molar-refractivity contribution in [1.82, 2.24) is 0 Å². The summed E-state index contributed by atoms with van der Waals surface area (Å²) in [7, 11) is 0. The molecule has 1 fully saturated rings. The van der Waals surface area contributed by atoms with Gasteiger partial charge in [0.15, 0.2) is 0 Å². The Kier molecular flexibility index (Phi) is 1.23. The van der Waals surface area contributed by atoms with Gasteiger partial charge >= 0.3 is 0 Å². The van der Waals surface area contributed by atoms with E-state index < -0.39 is 0 Å². The van der Waals surface area contributed by atoms with Crippen molar-refractivity contribution in [1.29, 1.82) is 0 Å². The first-order chi connectivity index (χ1) is 6.34. The van der Waals surface area contributed by atoms with Crippen molar-refractivity contribution in [3.63, 3.8) is 0 Å². The molecule has 3 rings (SSSR count). The molecule has 1 aromatic heterocycles. The lowest BCUT2D eigenvalue weighted by molar-refractivity contribution is -0.117. The number of fused-ring (bicyclic) bond motifs is 1. The van der Waals surface area contributed by atoms with E-state index in [1.807, 2.05) is 6.07 Å². The second-order valence-corrected chi connectivity index (χ2v) is 3.61. The molecule has 1 aliphatic carbocycles. The molecule has 2 N–H and O–H groups in total. The van der Waals surface area contributed by atoms with E-state index in [4.69, 9.17) is 4.42 Å². The number of carbonyl (C=O) groups excluding carboxylic acids is 1. The summed E-state index contributed by atoms with van der Waals surface area (Å²) >= 11 is 0. The molecule has 1 unspecified atom stereocenters. The number of furan rings is 1. The normalized spacial score (nSPS) is 26.2. The predicted octanol–water partition coefficient (Wildman–Crippen LogP) is 1.42. The zero-order valence-electron chi connectivity index (χ0n) is 7.04. The molecule has 1 amide bonds. The van der Waals surface area contributed by atoms with E-state index >= 15 is 0 Å². The smallest absolute Gasteiger partial charge is 0.249 e. The molecule has 1 atom stereocenters. The van der Waals surface area contributed by atoms with Gasteiger partial charge in [-0.3, -0.25) is 10.1 Å². The van der Waals surface area contributed by atoms with Gasteiger partial charge in [0.25, 0.3) is 0 Å². The second kappa shape index (κ2) is 2.28. The van der Waals surface area contributed by atoms with E-state index in [1.165, 1.54) is 0 Å². The van der Waals surface area contributed by atoms with Gasteiger partial charge in [-0.05, 0) is 18.8 Å². The lowest BCUT2D eigenvalue weighted by atomic mass is 10.1. The van der Waals surface area contributed by atoms with Gasteiger partial charge in [0, 0.05) is 6.07 Å². The van der Waals surface area contributed by atoms with Gasteiger partial charge in [-0.1, -0.05) is 0 Å². The molecule has 1 saturated carbocycles. The third-order valence-electron chi connectivity index (χ3n) is 2.59. The van der Waals surface area contributed by atoms with Gasteiger partial charge in [-0.15, -0.1) is 0 Å². The zero-order valence-corrected chi connectivity index (χ0v) is 7.04. The zero-order chi connectivity index (χ0) is 8.84. The highest BCUT2D eigenvalue weighted by Crippen LogP contribution is 2.38. The highest BCUT2D eigenvalue weighted by molar-refractivity contribution is 6.01. The summed E-state index contributed by atoms with van der Waals surface area (Å²) in [4.78, 5) is 11.5.